The van der Waals surface area contributed by atoms with Crippen LogP contribution in [0.1, 0.15) is 0 Å². The molecule has 0 amide bonds. The van der Waals surface area contributed by atoms with Gasteiger partial charge in [-0.05, 0) is 24.3 Å². The van der Waals surface area contributed by atoms with Gasteiger partial charge in [-0.1, -0.05) is 0 Å². The predicted octanol–water partition coefficient (Wildman–Crippen LogP) is -0.244. The number of ether oxygens (including phenoxy) is 2. The Kier molecular flexibility index (Phi) is 5.67. The minimum atomic E-state index is -1.80. The molecule has 1 aromatic heterocycles. The fourth-order valence-electron chi connectivity index (χ4n) is 3.46. The van der Waals surface area contributed by atoms with E-state index in [1.54, 1.807) is 0 Å². The van der Waals surface area contributed by atoms with Gasteiger partial charge in [-0.15, -0.1) is 0 Å². The normalized spacial score (nSPS) is 25.7. The number of hydrogen-bond acceptors (Lipinski definition) is 11. The maximum absolute atomic E-state index is 13.2. The molecular weight excluding hydrogens is 428 g/mol. The number of benzene rings is 2. The summed E-state index contributed by atoms with van der Waals surface area (Å²) in [7, 11) is 0. The third kappa shape index (κ3) is 3.72. The van der Waals surface area contributed by atoms with Gasteiger partial charge in [0, 0.05) is 17.7 Å². The Morgan fingerprint density at radius 3 is 2.25 bits per heavy atom. The Hall–Kier alpha value is -3.35. The predicted molar refractivity (Wildman–Crippen MR) is 107 cm³/mol. The van der Waals surface area contributed by atoms with Gasteiger partial charge in [0.15, 0.2) is 5.76 Å². The minimum absolute atomic E-state index is 0.0661. The monoisotopic (exact) mass is 448 g/mol. The van der Waals surface area contributed by atoms with Gasteiger partial charge in [0.2, 0.25) is 17.5 Å². The minimum Gasteiger partial charge on any atom is -0.508 e. The number of aromatic hydroxyl groups is 3. The van der Waals surface area contributed by atoms with Crippen molar-refractivity contribution < 1.29 is 49.6 Å². The molecule has 0 aliphatic carbocycles. The summed E-state index contributed by atoms with van der Waals surface area (Å²) in [5.74, 6) is -1.73. The van der Waals surface area contributed by atoms with Gasteiger partial charge < -0.3 is 49.6 Å². The van der Waals surface area contributed by atoms with Gasteiger partial charge in [0.1, 0.15) is 52.6 Å². The van der Waals surface area contributed by atoms with E-state index in [0.29, 0.717) is 0 Å². The summed E-state index contributed by atoms with van der Waals surface area (Å²) in [4.78, 5) is 13.2. The lowest BCUT2D eigenvalue weighted by molar-refractivity contribution is -0.277. The van der Waals surface area contributed by atoms with Crippen molar-refractivity contribution in [3.05, 3.63) is 46.6 Å². The lowest BCUT2D eigenvalue weighted by Crippen LogP contribution is -2.60. The number of aliphatic hydroxyl groups excluding tert-OH is 4. The zero-order chi connectivity index (χ0) is 23.2. The molecule has 0 saturated carbocycles. The Labute approximate surface area is 179 Å². The second-order valence-electron chi connectivity index (χ2n) is 7.29. The van der Waals surface area contributed by atoms with Crippen molar-refractivity contribution in [1.29, 1.82) is 0 Å². The highest BCUT2D eigenvalue weighted by molar-refractivity contribution is 5.88. The molecule has 0 spiro atoms. The molecule has 5 atom stereocenters. The summed E-state index contributed by atoms with van der Waals surface area (Å²) in [5, 5.41) is 68.8. The Morgan fingerprint density at radius 2 is 1.59 bits per heavy atom. The van der Waals surface area contributed by atoms with Crippen LogP contribution >= 0.6 is 0 Å². The number of rotatable bonds is 4. The van der Waals surface area contributed by atoms with Gasteiger partial charge in [0.05, 0.1) is 6.61 Å². The quantitative estimate of drug-likeness (QED) is 0.279. The molecule has 0 bridgehead atoms. The standard InChI is InChI=1S/C21H20O11/c22-7-13-15(26)17(28)18(29)21(31-13)32-20-16(27)14-11(25)5-10(24)6-12(14)30-19(20)8-1-3-9(23)4-2-8/h1-6,13,15,17-18,21-26,28-29H,7H2/t13?,15-,17?,18?,21-/m1/s1. The fourth-order valence-corrected chi connectivity index (χ4v) is 3.46. The summed E-state index contributed by atoms with van der Waals surface area (Å²) in [5.41, 5.74) is -0.801. The van der Waals surface area contributed by atoms with Crippen LogP contribution in [0.2, 0.25) is 0 Å². The van der Waals surface area contributed by atoms with Crippen LogP contribution in [0.25, 0.3) is 22.3 Å². The molecule has 1 aliphatic heterocycles. The van der Waals surface area contributed by atoms with Gasteiger partial charge in [-0.25, -0.2) is 0 Å². The third-order valence-electron chi connectivity index (χ3n) is 5.13. The van der Waals surface area contributed by atoms with Crippen LogP contribution in [-0.4, -0.2) is 73.1 Å². The molecule has 1 saturated heterocycles. The fraction of sp³-hybridized carbons (Fsp3) is 0.286. The molecule has 3 unspecified atom stereocenters. The molecule has 11 nitrogen and oxygen atoms in total. The first-order valence-corrected chi connectivity index (χ1v) is 9.50. The van der Waals surface area contributed by atoms with E-state index >= 15 is 0 Å². The molecule has 2 aromatic carbocycles. The second kappa shape index (κ2) is 8.30. The topological polar surface area (TPSA) is 190 Å². The van der Waals surface area contributed by atoms with Crippen molar-refractivity contribution in [2.24, 2.45) is 0 Å². The molecule has 11 heteroatoms. The van der Waals surface area contributed by atoms with Gasteiger partial charge in [-0.3, -0.25) is 4.79 Å². The highest BCUT2D eigenvalue weighted by Gasteiger charge is 2.45. The van der Waals surface area contributed by atoms with Crippen LogP contribution in [0.4, 0.5) is 0 Å². The van der Waals surface area contributed by atoms with Gasteiger partial charge >= 0.3 is 0 Å². The molecule has 2 heterocycles. The summed E-state index contributed by atoms with van der Waals surface area (Å²) in [6, 6.07) is 7.48. The lowest BCUT2D eigenvalue weighted by Gasteiger charge is -2.39. The van der Waals surface area contributed by atoms with E-state index in [0.717, 1.165) is 12.1 Å². The zero-order valence-electron chi connectivity index (χ0n) is 16.3. The number of fused-ring (bicyclic) bond motifs is 1. The van der Waals surface area contributed by atoms with Gasteiger partial charge in [-0.2, -0.15) is 0 Å². The zero-order valence-corrected chi connectivity index (χ0v) is 16.3. The van der Waals surface area contributed by atoms with Crippen molar-refractivity contribution in [3.8, 4) is 34.3 Å². The Bertz CT molecular complexity index is 1190. The molecule has 3 aromatic rings. The number of hydrogen-bond donors (Lipinski definition) is 7. The van der Waals surface area contributed by atoms with Crippen molar-refractivity contribution in [3.63, 3.8) is 0 Å². The van der Waals surface area contributed by atoms with Crippen LogP contribution < -0.4 is 10.2 Å². The van der Waals surface area contributed by atoms with Crippen LogP contribution in [0, 0.1) is 0 Å². The van der Waals surface area contributed by atoms with Crippen LogP contribution in [-0.2, 0) is 4.74 Å². The molecule has 1 aliphatic rings. The second-order valence-corrected chi connectivity index (χ2v) is 7.29. The van der Waals surface area contributed by atoms with E-state index in [2.05, 4.69) is 0 Å². The number of phenols is 3. The van der Waals surface area contributed by atoms with Gasteiger partial charge in [0.25, 0.3) is 0 Å². The molecular formula is C21H20O11. The highest BCUT2D eigenvalue weighted by atomic mass is 16.7. The molecule has 1 fully saturated rings. The van der Waals surface area contributed by atoms with Crippen molar-refractivity contribution >= 4 is 11.0 Å². The average molecular weight is 448 g/mol. The van der Waals surface area contributed by atoms with E-state index < -0.39 is 54.2 Å². The van der Waals surface area contributed by atoms with Crippen LogP contribution in [0.15, 0.2) is 45.6 Å². The first-order chi connectivity index (χ1) is 15.2. The van der Waals surface area contributed by atoms with E-state index in [-0.39, 0.29) is 33.8 Å². The number of phenolic OH excluding ortho intramolecular Hbond substituents is 3. The van der Waals surface area contributed by atoms with Crippen molar-refractivity contribution in [2.75, 3.05) is 6.61 Å². The largest absolute Gasteiger partial charge is 0.508 e. The lowest BCUT2D eigenvalue weighted by atomic mass is 9.99. The SMILES string of the molecule is O=c1c(O[C@H]2OC(CO)[C@@H](O)C(O)C2O)c(-c2ccc(O)cc2)oc2cc(O)cc(O)c12. The summed E-state index contributed by atoms with van der Waals surface area (Å²) >= 11 is 0. The van der Waals surface area contributed by atoms with E-state index in [1.165, 1.54) is 24.3 Å². The molecule has 170 valence electrons. The first-order valence-electron chi connectivity index (χ1n) is 9.50. The molecule has 32 heavy (non-hydrogen) atoms. The highest BCUT2D eigenvalue weighted by Crippen LogP contribution is 2.37. The summed E-state index contributed by atoms with van der Waals surface area (Å²) in [6.45, 7) is -0.706. The van der Waals surface area contributed by atoms with Crippen molar-refractivity contribution in [2.45, 2.75) is 30.7 Å². The third-order valence-corrected chi connectivity index (χ3v) is 5.13. The molecule has 4 rings (SSSR count). The van der Waals surface area contributed by atoms with E-state index in [1.807, 2.05) is 0 Å². The summed E-state index contributed by atoms with van der Waals surface area (Å²) in [6.07, 6.45) is -8.16. The maximum atomic E-state index is 13.2. The maximum Gasteiger partial charge on any atom is 0.239 e. The average Bonchev–Trinajstić information content (AvgIpc) is 2.75. The van der Waals surface area contributed by atoms with E-state index in [4.69, 9.17) is 13.9 Å². The summed E-state index contributed by atoms with van der Waals surface area (Å²) < 4.78 is 16.6. The van der Waals surface area contributed by atoms with Crippen LogP contribution in [0.5, 0.6) is 23.0 Å². The van der Waals surface area contributed by atoms with E-state index in [9.17, 15) is 40.5 Å². The van der Waals surface area contributed by atoms with Crippen molar-refractivity contribution in [1.82, 2.24) is 0 Å². The number of aliphatic hydroxyl groups is 4. The molecule has 7 N–H and O–H groups in total. The first kappa shape index (κ1) is 21.9. The smallest absolute Gasteiger partial charge is 0.239 e. The molecule has 0 radical (unpaired) electrons. The van der Waals surface area contributed by atoms with Crippen LogP contribution in [0.3, 0.4) is 0 Å². The Balaban J connectivity index is 1.89. The Morgan fingerprint density at radius 1 is 0.906 bits per heavy atom.